The van der Waals surface area contributed by atoms with Crippen LogP contribution in [0.2, 0.25) is 0 Å². The van der Waals surface area contributed by atoms with Crippen LogP contribution in [0.5, 0.6) is 11.8 Å². The summed E-state index contributed by atoms with van der Waals surface area (Å²) in [5.41, 5.74) is 6.42. The minimum absolute atomic E-state index is 0.108. The summed E-state index contributed by atoms with van der Waals surface area (Å²) >= 11 is 0. The molecule has 7 nitrogen and oxygen atoms in total. The summed E-state index contributed by atoms with van der Waals surface area (Å²) in [4.78, 5) is 12.1. The summed E-state index contributed by atoms with van der Waals surface area (Å²) in [5.74, 6) is 1.17. The fourth-order valence-corrected chi connectivity index (χ4v) is 1.52. The van der Waals surface area contributed by atoms with Gasteiger partial charge in [-0.15, -0.1) is 0 Å². The van der Waals surface area contributed by atoms with E-state index >= 15 is 0 Å². The predicted octanol–water partition coefficient (Wildman–Crippen LogP) is 1.99. The lowest BCUT2D eigenvalue weighted by Gasteiger charge is -2.08. The SMILES string of the molecule is CCCOc1nc(N)nc(Nc2cccc(OC)c2)n1. The van der Waals surface area contributed by atoms with Gasteiger partial charge in [-0.2, -0.15) is 15.0 Å². The second kappa shape index (κ2) is 6.55. The quantitative estimate of drug-likeness (QED) is 0.832. The van der Waals surface area contributed by atoms with Gasteiger partial charge >= 0.3 is 6.01 Å². The van der Waals surface area contributed by atoms with Crippen molar-refractivity contribution in [3.63, 3.8) is 0 Å². The lowest BCUT2D eigenvalue weighted by Crippen LogP contribution is -2.07. The fraction of sp³-hybridized carbons (Fsp3) is 0.308. The van der Waals surface area contributed by atoms with Crippen molar-refractivity contribution >= 4 is 17.6 Å². The standard InChI is InChI=1S/C13H17N5O2/c1-3-7-20-13-17-11(14)16-12(18-13)15-9-5-4-6-10(8-9)19-2/h4-6,8H,3,7H2,1-2H3,(H3,14,15,16,17,18). The van der Waals surface area contributed by atoms with E-state index in [0.717, 1.165) is 17.9 Å². The number of hydrogen-bond donors (Lipinski definition) is 2. The van der Waals surface area contributed by atoms with Gasteiger partial charge in [0.05, 0.1) is 13.7 Å². The first-order valence-corrected chi connectivity index (χ1v) is 6.26. The maximum Gasteiger partial charge on any atom is 0.323 e. The molecule has 3 N–H and O–H groups in total. The second-order valence-electron chi connectivity index (χ2n) is 4.01. The summed E-state index contributed by atoms with van der Waals surface area (Å²) in [6.07, 6.45) is 0.865. The van der Waals surface area contributed by atoms with Crippen LogP contribution in [0.3, 0.4) is 0 Å². The van der Waals surface area contributed by atoms with Crippen LogP contribution in [0, 0.1) is 0 Å². The van der Waals surface area contributed by atoms with Crippen LogP contribution >= 0.6 is 0 Å². The average Bonchev–Trinajstić information content (AvgIpc) is 2.44. The smallest absolute Gasteiger partial charge is 0.323 e. The van der Waals surface area contributed by atoms with Gasteiger partial charge in [-0.1, -0.05) is 13.0 Å². The Kier molecular flexibility index (Phi) is 4.54. The zero-order valence-corrected chi connectivity index (χ0v) is 11.5. The molecule has 0 radical (unpaired) electrons. The molecule has 0 saturated carbocycles. The van der Waals surface area contributed by atoms with Crippen molar-refractivity contribution in [2.75, 3.05) is 24.8 Å². The van der Waals surface area contributed by atoms with E-state index in [9.17, 15) is 0 Å². The molecular formula is C13H17N5O2. The van der Waals surface area contributed by atoms with E-state index in [0.29, 0.717) is 12.6 Å². The average molecular weight is 275 g/mol. The number of methoxy groups -OCH3 is 1. The highest BCUT2D eigenvalue weighted by atomic mass is 16.5. The first-order chi connectivity index (χ1) is 9.71. The molecule has 0 aliphatic carbocycles. The zero-order chi connectivity index (χ0) is 14.4. The Hall–Kier alpha value is -2.57. The van der Waals surface area contributed by atoms with Crippen LogP contribution in [0.25, 0.3) is 0 Å². The highest BCUT2D eigenvalue weighted by Crippen LogP contribution is 2.20. The molecular weight excluding hydrogens is 258 g/mol. The third-order valence-corrected chi connectivity index (χ3v) is 2.39. The molecule has 1 aromatic carbocycles. The van der Waals surface area contributed by atoms with Crippen molar-refractivity contribution in [1.82, 2.24) is 15.0 Å². The fourth-order valence-electron chi connectivity index (χ4n) is 1.52. The first kappa shape index (κ1) is 13.9. The topological polar surface area (TPSA) is 95.2 Å². The molecule has 0 unspecified atom stereocenters. The summed E-state index contributed by atoms with van der Waals surface area (Å²) in [7, 11) is 1.61. The molecule has 20 heavy (non-hydrogen) atoms. The lowest BCUT2D eigenvalue weighted by molar-refractivity contribution is 0.292. The number of benzene rings is 1. The van der Waals surface area contributed by atoms with Gasteiger partial charge in [-0.05, 0) is 18.6 Å². The largest absolute Gasteiger partial charge is 0.497 e. The predicted molar refractivity (Wildman–Crippen MR) is 76.3 cm³/mol. The molecule has 1 heterocycles. The van der Waals surface area contributed by atoms with Crippen LogP contribution in [0.15, 0.2) is 24.3 Å². The van der Waals surface area contributed by atoms with Crippen molar-refractivity contribution in [1.29, 1.82) is 0 Å². The summed E-state index contributed by atoms with van der Waals surface area (Å²) in [6.45, 7) is 2.53. The molecule has 2 rings (SSSR count). The van der Waals surface area contributed by atoms with Crippen molar-refractivity contribution < 1.29 is 9.47 Å². The number of rotatable bonds is 6. The summed E-state index contributed by atoms with van der Waals surface area (Å²) in [6, 6.07) is 7.62. The molecule has 106 valence electrons. The van der Waals surface area contributed by atoms with E-state index in [1.54, 1.807) is 7.11 Å². The third kappa shape index (κ3) is 3.71. The van der Waals surface area contributed by atoms with Gasteiger partial charge < -0.3 is 20.5 Å². The molecule has 0 atom stereocenters. The van der Waals surface area contributed by atoms with E-state index in [-0.39, 0.29) is 12.0 Å². The number of ether oxygens (including phenoxy) is 2. The van der Waals surface area contributed by atoms with E-state index < -0.39 is 0 Å². The van der Waals surface area contributed by atoms with E-state index in [1.807, 2.05) is 31.2 Å². The molecule has 2 aromatic rings. The highest BCUT2D eigenvalue weighted by molar-refractivity contribution is 5.56. The Labute approximate surface area is 117 Å². The normalized spacial score (nSPS) is 10.1. The zero-order valence-electron chi connectivity index (χ0n) is 11.5. The van der Waals surface area contributed by atoms with Crippen molar-refractivity contribution in [2.45, 2.75) is 13.3 Å². The molecule has 7 heteroatoms. The molecule has 0 aliphatic rings. The minimum atomic E-state index is 0.108. The first-order valence-electron chi connectivity index (χ1n) is 6.26. The Bertz CT molecular complexity index is 576. The van der Waals surface area contributed by atoms with Gasteiger partial charge in [-0.3, -0.25) is 0 Å². The minimum Gasteiger partial charge on any atom is -0.497 e. The number of aromatic nitrogens is 3. The number of nitrogens with one attached hydrogen (secondary N) is 1. The molecule has 0 amide bonds. The number of nitrogens with zero attached hydrogens (tertiary/aromatic N) is 3. The molecule has 0 spiro atoms. The van der Waals surface area contributed by atoms with E-state index in [4.69, 9.17) is 15.2 Å². The number of anilines is 3. The van der Waals surface area contributed by atoms with Gasteiger partial charge in [0.15, 0.2) is 0 Å². The Morgan fingerprint density at radius 1 is 1.25 bits per heavy atom. The maximum atomic E-state index is 5.63. The van der Waals surface area contributed by atoms with Crippen molar-refractivity contribution in [3.05, 3.63) is 24.3 Å². The molecule has 1 aromatic heterocycles. The van der Waals surface area contributed by atoms with Crippen molar-refractivity contribution in [2.24, 2.45) is 0 Å². The van der Waals surface area contributed by atoms with Crippen LogP contribution in [-0.4, -0.2) is 28.7 Å². The summed E-state index contributed by atoms with van der Waals surface area (Å²) in [5, 5.41) is 3.03. The van der Waals surface area contributed by atoms with E-state index in [1.165, 1.54) is 0 Å². The Morgan fingerprint density at radius 3 is 2.85 bits per heavy atom. The van der Waals surface area contributed by atoms with Crippen molar-refractivity contribution in [3.8, 4) is 11.8 Å². The maximum absolute atomic E-state index is 5.63. The molecule has 0 aliphatic heterocycles. The van der Waals surface area contributed by atoms with Crippen LogP contribution in [-0.2, 0) is 0 Å². The Morgan fingerprint density at radius 2 is 2.10 bits per heavy atom. The van der Waals surface area contributed by atoms with Gasteiger partial charge in [0, 0.05) is 11.8 Å². The number of nitrogens with two attached hydrogens (primary N) is 1. The van der Waals surface area contributed by atoms with Gasteiger partial charge in [0.25, 0.3) is 0 Å². The Balaban J connectivity index is 2.17. The lowest BCUT2D eigenvalue weighted by atomic mass is 10.3. The third-order valence-electron chi connectivity index (χ3n) is 2.39. The van der Waals surface area contributed by atoms with E-state index in [2.05, 4.69) is 20.3 Å². The van der Waals surface area contributed by atoms with Gasteiger partial charge in [0.2, 0.25) is 11.9 Å². The summed E-state index contributed by atoms with van der Waals surface area (Å²) < 4.78 is 10.5. The molecule has 0 fully saturated rings. The van der Waals surface area contributed by atoms with Gasteiger partial charge in [0.1, 0.15) is 5.75 Å². The second-order valence-corrected chi connectivity index (χ2v) is 4.01. The monoisotopic (exact) mass is 275 g/mol. The van der Waals surface area contributed by atoms with Crippen LogP contribution in [0.1, 0.15) is 13.3 Å². The molecule has 0 saturated heterocycles. The number of nitrogen functional groups attached to an aromatic ring is 1. The van der Waals surface area contributed by atoms with Crippen LogP contribution in [0.4, 0.5) is 17.6 Å². The number of hydrogen-bond acceptors (Lipinski definition) is 7. The van der Waals surface area contributed by atoms with Crippen LogP contribution < -0.4 is 20.5 Å². The van der Waals surface area contributed by atoms with Gasteiger partial charge in [-0.25, -0.2) is 0 Å². The highest BCUT2D eigenvalue weighted by Gasteiger charge is 2.06. The molecule has 0 bridgehead atoms.